The molecule has 2 fully saturated rings. The Bertz CT molecular complexity index is 2740. The van der Waals surface area contributed by atoms with Crippen molar-refractivity contribution in [3.05, 3.63) is 261 Å². The highest BCUT2D eigenvalue weighted by molar-refractivity contribution is 5.99. The van der Waals surface area contributed by atoms with E-state index in [4.69, 9.17) is 0 Å². The molecule has 10 rings (SSSR count). The lowest BCUT2D eigenvalue weighted by Gasteiger charge is -2.22. The van der Waals surface area contributed by atoms with Gasteiger partial charge in [0.2, 0.25) is 0 Å². The molecule has 0 aliphatic heterocycles. The maximum Gasteiger partial charge on any atom is -0.0105 e. The molecule has 0 radical (unpaired) electrons. The average Bonchev–Trinajstić information content (AvgIpc) is 3.40. The summed E-state index contributed by atoms with van der Waals surface area (Å²) in [4.78, 5) is 0. The quantitative estimate of drug-likeness (QED) is 0.107. The zero-order valence-electron chi connectivity index (χ0n) is 38.2. The maximum absolute atomic E-state index is 2.37. The number of hydrogen-bond donors (Lipinski definition) is 0. The van der Waals surface area contributed by atoms with Gasteiger partial charge in [-0.2, -0.15) is 0 Å². The van der Waals surface area contributed by atoms with Crippen molar-refractivity contribution in [2.45, 2.75) is 76.0 Å². The van der Waals surface area contributed by atoms with Crippen molar-refractivity contribution in [3.63, 3.8) is 0 Å². The highest BCUT2D eigenvalue weighted by Gasteiger charge is 2.17. The number of hydrogen-bond acceptors (Lipinski definition) is 0. The Morgan fingerprint density at radius 1 is 0.288 bits per heavy atom. The van der Waals surface area contributed by atoms with Crippen molar-refractivity contribution >= 4 is 58.4 Å². The van der Waals surface area contributed by atoms with E-state index in [2.05, 4.69) is 231 Å². The van der Waals surface area contributed by atoms with Crippen LogP contribution in [0, 0.1) is 0 Å². The summed E-state index contributed by atoms with van der Waals surface area (Å²) < 4.78 is 0. The van der Waals surface area contributed by atoms with Gasteiger partial charge in [-0.3, -0.25) is 0 Å². The topological polar surface area (TPSA) is 0 Å². The van der Waals surface area contributed by atoms with Crippen molar-refractivity contribution in [1.29, 1.82) is 0 Å². The molecule has 0 N–H and O–H groups in total. The molecule has 0 amide bonds. The molecule has 0 aromatic heterocycles. The van der Waals surface area contributed by atoms with Gasteiger partial charge in [0.1, 0.15) is 0 Å². The Labute approximate surface area is 393 Å². The second-order valence-corrected chi connectivity index (χ2v) is 18.6. The molecule has 0 atom stereocenters. The predicted molar refractivity (Wildman–Crippen MR) is 286 cm³/mol. The molecule has 2 aliphatic carbocycles. The molecule has 0 bridgehead atoms. The lowest BCUT2D eigenvalue weighted by molar-refractivity contribution is 0.443. The highest BCUT2D eigenvalue weighted by Crippen LogP contribution is 2.36. The summed E-state index contributed by atoms with van der Waals surface area (Å²) in [5.74, 6) is 1.42. The zero-order chi connectivity index (χ0) is 44.3. The summed E-state index contributed by atoms with van der Waals surface area (Å²) in [5.41, 5.74) is 17.7. The molecule has 324 valence electrons. The summed E-state index contributed by atoms with van der Waals surface area (Å²) in [6.45, 7) is 0. The Balaban J connectivity index is 0.843. The van der Waals surface area contributed by atoms with Gasteiger partial charge < -0.3 is 0 Å². The smallest absolute Gasteiger partial charge is 0.0105 e. The summed E-state index contributed by atoms with van der Waals surface area (Å²) in [7, 11) is 0. The lowest BCUT2D eigenvalue weighted by Crippen LogP contribution is -2.04. The van der Waals surface area contributed by atoms with Gasteiger partial charge in [-0.05, 0) is 138 Å². The van der Waals surface area contributed by atoms with Crippen LogP contribution in [-0.4, -0.2) is 0 Å². The van der Waals surface area contributed by atoms with E-state index in [1.807, 2.05) is 0 Å². The summed E-state index contributed by atoms with van der Waals surface area (Å²) in [6, 6.07) is 71.6. The van der Waals surface area contributed by atoms with Crippen LogP contribution in [0.3, 0.4) is 0 Å². The Kier molecular flexibility index (Phi) is 13.6. The molecular formula is C66H60. The van der Waals surface area contributed by atoms with Gasteiger partial charge >= 0.3 is 0 Å². The molecule has 2 aliphatic rings. The van der Waals surface area contributed by atoms with Crippen molar-refractivity contribution < 1.29 is 0 Å². The summed E-state index contributed by atoms with van der Waals surface area (Å²) in [6.07, 6.45) is 27.1. The van der Waals surface area contributed by atoms with Crippen molar-refractivity contribution in [3.8, 4) is 0 Å². The fraction of sp³-hybridized carbons (Fsp3) is 0.182. The fourth-order valence-corrected chi connectivity index (χ4v) is 10.4. The Morgan fingerprint density at radius 3 is 1.00 bits per heavy atom. The third-order valence-corrected chi connectivity index (χ3v) is 14.2. The molecule has 0 unspecified atom stereocenters. The molecule has 0 nitrogen and oxygen atoms in total. The van der Waals surface area contributed by atoms with Crippen LogP contribution in [0.2, 0.25) is 0 Å². The monoisotopic (exact) mass is 852 g/mol. The Morgan fingerprint density at radius 2 is 0.621 bits per heavy atom. The largest absolute Gasteiger partial charge is 0.0622 e. The van der Waals surface area contributed by atoms with Crippen molar-refractivity contribution in [2.24, 2.45) is 0 Å². The van der Waals surface area contributed by atoms with Crippen LogP contribution in [0.5, 0.6) is 0 Å². The average molecular weight is 853 g/mol. The van der Waals surface area contributed by atoms with Crippen molar-refractivity contribution in [2.75, 3.05) is 0 Å². The van der Waals surface area contributed by atoms with E-state index < -0.39 is 0 Å². The SMILES string of the molecule is C(=C\c1ccc(/C=C/c2ccc(/C=C(\c3ccccc3)c3ccc(C4CCCCC4)cc3)cc2)c2ccccc12)/c1ccc(/C=C(\c2ccccc2)c2ccc(C3CCCCC3)cc2)cc1. The van der Waals surface area contributed by atoms with E-state index in [-0.39, 0.29) is 0 Å². The molecule has 0 spiro atoms. The fourth-order valence-electron chi connectivity index (χ4n) is 10.4. The molecule has 0 heteroatoms. The van der Waals surface area contributed by atoms with Gasteiger partial charge in [-0.1, -0.05) is 257 Å². The van der Waals surface area contributed by atoms with E-state index in [0.717, 1.165) is 0 Å². The van der Waals surface area contributed by atoms with E-state index in [1.165, 1.54) is 153 Å². The van der Waals surface area contributed by atoms with Gasteiger partial charge in [-0.15, -0.1) is 0 Å². The highest BCUT2D eigenvalue weighted by atomic mass is 14.2. The minimum atomic E-state index is 0.711. The minimum Gasteiger partial charge on any atom is -0.0622 e. The first kappa shape index (κ1) is 42.9. The van der Waals surface area contributed by atoms with Crippen LogP contribution in [0.4, 0.5) is 0 Å². The lowest BCUT2D eigenvalue weighted by atomic mass is 9.83. The second kappa shape index (κ2) is 20.9. The second-order valence-electron chi connectivity index (χ2n) is 18.6. The number of benzene rings is 8. The van der Waals surface area contributed by atoms with Crippen LogP contribution in [0.15, 0.2) is 194 Å². The van der Waals surface area contributed by atoms with Gasteiger partial charge in [0, 0.05) is 0 Å². The van der Waals surface area contributed by atoms with Crippen LogP contribution >= 0.6 is 0 Å². The molecule has 2 saturated carbocycles. The first-order chi connectivity index (χ1) is 32.7. The minimum absolute atomic E-state index is 0.711. The van der Waals surface area contributed by atoms with E-state index in [9.17, 15) is 0 Å². The standard InChI is InChI=1S/C66H60/c1-5-15-53(16-6-1)55-37-41-61(42-38-55)65(57-19-9-3-10-20-57)47-51-29-25-49(26-30-51)33-35-59-45-46-60(64-24-14-13-23-63(59)64)36-34-50-27-31-52(32-28-50)48-66(58-21-11-4-12-22-58)62-43-39-56(40-44-62)54-17-7-2-8-18-54/h3-4,9-14,19-48,53-54H,1-2,5-8,15-18H2/b35-33+,36-34+,65-47+,66-48+. The maximum atomic E-state index is 2.37. The molecule has 66 heavy (non-hydrogen) atoms. The normalized spacial score (nSPS) is 15.5. The van der Waals surface area contributed by atoms with Gasteiger partial charge in [0.05, 0.1) is 0 Å². The van der Waals surface area contributed by atoms with Crippen LogP contribution < -0.4 is 0 Å². The van der Waals surface area contributed by atoms with Gasteiger partial charge in [0.15, 0.2) is 0 Å². The summed E-state index contributed by atoms with van der Waals surface area (Å²) >= 11 is 0. The van der Waals surface area contributed by atoms with Crippen LogP contribution in [0.1, 0.15) is 143 Å². The van der Waals surface area contributed by atoms with E-state index in [1.54, 1.807) is 0 Å². The van der Waals surface area contributed by atoms with E-state index in [0.29, 0.717) is 11.8 Å². The van der Waals surface area contributed by atoms with Crippen molar-refractivity contribution in [1.82, 2.24) is 0 Å². The molecular weight excluding hydrogens is 793 g/mol. The first-order valence-corrected chi connectivity index (χ1v) is 24.5. The third-order valence-electron chi connectivity index (χ3n) is 14.2. The van der Waals surface area contributed by atoms with Crippen LogP contribution in [0.25, 0.3) is 58.4 Å². The molecule has 0 saturated heterocycles. The molecule has 8 aromatic carbocycles. The first-order valence-electron chi connectivity index (χ1n) is 24.5. The van der Waals surface area contributed by atoms with Crippen LogP contribution in [-0.2, 0) is 0 Å². The predicted octanol–water partition coefficient (Wildman–Crippen LogP) is 18.5. The van der Waals surface area contributed by atoms with Gasteiger partial charge in [-0.25, -0.2) is 0 Å². The van der Waals surface area contributed by atoms with E-state index >= 15 is 0 Å². The number of fused-ring (bicyclic) bond motifs is 1. The molecule has 8 aromatic rings. The number of rotatable bonds is 12. The molecule has 0 heterocycles. The third kappa shape index (κ3) is 10.4. The zero-order valence-corrected chi connectivity index (χ0v) is 38.2. The van der Waals surface area contributed by atoms with Gasteiger partial charge in [0.25, 0.3) is 0 Å². The summed E-state index contributed by atoms with van der Waals surface area (Å²) in [5, 5.41) is 2.50. The Hall–Kier alpha value is -7.02.